The van der Waals surface area contributed by atoms with Crippen molar-refractivity contribution >= 4 is 27.3 Å². The number of halogens is 1. The average Bonchev–Trinajstić information content (AvgIpc) is 2.49. The second-order valence-corrected chi connectivity index (χ2v) is 4.40. The number of fused-ring (bicyclic) bond motifs is 1. The van der Waals surface area contributed by atoms with Gasteiger partial charge in [0.1, 0.15) is 0 Å². The molecule has 0 bridgehead atoms. The molecule has 0 fully saturated rings. The van der Waals surface area contributed by atoms with Crippen molar-refractivity contribution in [2.75, 3.05) is 0 Å². The highest BCUT2D eigenvalue weighted by molar-refractivity contribution is 9.10. The third-order valence-electron chi connectivity index (χ3n) is 2.49. The van der Waals surface area contributed by atoms with Crippen molar-refractivity contribution in [2.45, 2.75) is 19.8 Å². The molecule has 1 aliphatic carbocycles. The minimum atomic E-state index is 0.132. The topological polar surface area (TPSA) is 17.1 Å². The Kier molecular flexibility index (Phi) is 2.55. The smallest absolute Gasteiger partial charge is 0.152 e. The van der Waals surface area contributed by atoms with E-state index in [4.69, 9.17) is 0 Å². The molecule has 0 saturated carbocycles. The third-order valence-corrected chi connectivity index (χ3v) is 3.23. The molecule has 1 aliphatic rings. The van der Waals surface area contributed by atoms with E-state index in [1.807, 2.05) is 6.07 Å². The predicted molar refractivity (Wildman–Crippen MR) is 61.1 cm³/mol. The molecule has 0 saturated heterocycles. The van der Waals surface area contributed by atoms with Crippen LogP contribution in [-0.2, 0) is 11.2 Å². The predicted octanol–water partition coefficient (Wildman–Crippen LogP) is 3.37. The van der Waals surface area contributed by atoms with Gasteiger partial charge in [0.25, 0.3) is 0 Å². The molecule has 0 amide bonds. The molecule has 0 aliphatic heterocycles. The van der Waals surface area contributed by atoms with Gasteiger partial charge < -0.3 is 0 Å². The van der Waals surface area contributed by atoms with Gasteiger partial charge in [0, 0.05) is 4.47 Å². The summed E-state index contributed by atoms with van der Waals surface area (Å²) < 4.78 is 1.15. The van der Waals surface area contributed by atoms with Gasteiger partial charge in [-0.3, -0.25) is 4.79 Å². The molecule has 14 heavy (non-hydrogen) atoms. The van der Waals surface area contributed by atoms with Gasteiger partial charge in [0.15, 0.2) is 5.78 Å². The van der Waals surface area contributed by atoms with E-state index in [0.29, 0.717) is 0 Å². The molecule has 2 rings (SSSR count). The molecule has 0 unspecified atom stereocenters. The fourth-order valence-corrected chi connectivity index (χ4v) is 2.47. The highest BCUT2D eigenvalue weighted by Crippen LogP contribution is 2.36. The van der Waals surface area contributed by atoms with Crippen LogP contribution in [0.5, 0.6) is 0 Å². The Bertz CT molecular complexity index is 418. The van der Waals surface area contributed by atoms with Crippen LogP contribution in [0.15, 0.2) is 28.7 Å². The van der Waals surface area contributed by atoms with Crippen molar-refractivity contribution in [3.63, 3.8) is 0 Å². The van der Waals surface area contributed by atoms with E-state index in [2.05, 4.69) is 28.1 Å². The summed E-state index contributed by atoms with van der Waals surface area (Å²) in [5.41, 5.74) is 3.74. The molecule has 1 nitrogen and oxygen atoms in total. The number of hydrogen-bond acceptors (Lipinski definition) is 1. The maximum Gasteiger partial charge on any atom is 0.152 e. The summed E-state index contributed by atoms with van der Waals surface area (Å²) in [5.74, 6) is 0.132. The molecular formula is C12H11BrO. The maximum absolute atomic E-state index is 11.0. The summed E-state index contributed by atoms with van der Waals surface area (Å²) in [7, 11) is 0. The first-order chi connectivity index (χ1) is 6.68. The van der Waals surface area contributed by atoms with Crippen LogP contribution in [0.2, 0.25) is 0 Å². The molecular weight excluding hydrogens is 240 g/mol. The van der Waals surface area contributed by atoms with E-state index in [0.717, 1.165) is 17.3 Å². The Labute approximate surface area is 92.0 Å². The maximum atomic E-state index is 11.0. The van der Waals surface area contributed by atoms with Crippen molar-refractivity contribution in [3.8, 4) is 0 Å². The fraction of sp³-hybridized carbons (Fsp3) is 0.250. The summed E-state index contributed by atoms with van der Waals surface area (Å²) in [5, 5.41) is 0. The molecule has 0 atom stereocenters. The average molecular weight is 251 g/mol. The molecule has 0 N–H and O–H groups in total. The van der Waals surface area contributed by atoms with Crippen molar-refractivity contribution in [2.24, 2.45) is 0 Å². The van der Waals surface area contributed by atoms with Gasteiger partial charge >= 0.3 is 0 Å². The number of ketones is 1. The molecule has 1 aromatic carbocycles. The van der Waals surface area contributed by atoms with Crippen LogP contribution in [0.1, 0.15) is 24.5 Å². The Hall–Kier alpha value is -0.890. The largest absolute Gasteiger partial charge is 0.295 e. The van der Waals surface area contributed by atoms with Crippen LogP contribution in [0.25, 0.3) is 5.57 Å². The monoisotopic (exact) mass is 250 g/mol. The summed E-state index contributed by atoms with van der Waals surface area (Å²) in [6, 6.07) is 6.15. The first-order valence-corrected chi connectivity index (χ1v) is 5.46. The van der Waals surface area contributed by atoms with Gasteiger partial charge in [-0.25, -0.2) is 0 Å². The lowest BCUT2D eigenvalue weighted by atomic mass is 10.1. The van der Waals surface area contributed by atoms with Crippen LogP contribution >= 0.6 is 15.9 Å². The number of benzene rings is 1. The lowest BCUT2D eigenvalue weighted by Gasteiger charge is -2.01. The summed E-state index contributed by atoms with van der Waals surface area (Å²) in [6.45, 7) is 1.60. The number of allylic oxidation sites excluding steroid dienone is 2. The standard InChI is InChI=1S/C12H11BrO/c1-8(14)7-9-5-6-11-10(9)3-2-4-12(11)13/h2-4,7H,5-6H2,1H3/b9-7-. The van der Waals surface area contributed by atoms with E-state index >= 15 is 0 Å². The summed E-state index contributed by atoms with van der Waals surface area (Å²) in [6.07, 6.45) is 3.77. The Balaban J connectivity index is 2.50. The van der Waals surface area contributed by atoms with Gasteiger partial charge in [-0.15, -0.1) is 0 Å². The Morgan fingerprint density at radius 3 is 2.93 bits per heavy atom. The lowest BCUT2D eigenvalue weighted by Crippen LogP contribution is -1.86. The zero-order valence-electron chi connectivity index (χ0n) is 8.01. The van der Waals surface area contributed by atoms with Crippen molar-refractivity contribution in [3.05, 3.63) is 39.9 Å². The first kappa shape index (κ1) is 9.66. The Morgan fingerprint density at radius 1 is 1.43 bits per heavy atom. The molecule has 0 heterocycles. The molecule has 0 aromatic heterocycles. The van der Waals surface area contributed by atoms with Crippen LogP contribution in [0, 0.1) is 0 Å². The number of rotatable bonds is 1. The third kappa shape index (κ3) is 1.67. The number of carbonyl (C=O) groups is 1. The molecule has 2 heteroatoms. The summed E-state index contributed by atoms with van der Waals surface area (Å²) in [4.78, 5) is 11.0. The van der Waals surface area contributed by atoms with Gasteiger partial charge in [0.05, 0.1) is 0 Å². The van der Waals surface area contributed by atoms with E-state index < -0.39 is 0 Å². The van der Waals surface area contributed by atoms with E-state index in [1.54, 1.807) is 13.0 Å². The van der Waals surface area contributed by atoms with Gasteiger partial charge in [-0.2, -0.15) is 0 Å². The van der Waals surface area contributed by atoms with Crippen molar-refractivity contribution in [1.82, 2.24) is 0 Å². The van der Waals surface area contributed by atoms with Gasteiger partial charge in [-0.1, -0.05) is 28.1 Å². The molecule has 1 aromatic rings. The molecule has 0 spiro atoms. The zero-order chi connectivity index (χ0) is 10.1. The lowest BCUT2D eigenvalue weighted by molar-refractivity contribution is -0.112. The normalized spacial score (nSPS) is 17.1. The minimum Gasteiger partial charge on any atom is -0.295 e. The van der Waals surface area contributed by atoms with E-state index in [1.165, 1.54) is 16.7 Å². The highest BCUT2D eigenvalue weighted by Gasteiger charge is 2.18. The minimum absolute atomic E-state index is 0.132. The van der Waals surface area contributed by atoms with E-state index in [-0.39, 0.29) is 5.78 Å². The van der Waals surface area contributed by atoms with Crippen LogP contribution in [0.3, 0.4) is 0 Å². The SMILES string of the molecule is CC(=O)/C=C1/CCc2c(Br)cccc21. The van der Waals surface area contributed by atoms with Gasteiger partial charge in [-0.05, 0) is 48.6 Å². The van der Waals surface area contributed by atoms with Crippen molar-refractivity contribution < 1.29 is 4.79 Å². The van der Waals surface area contributed by atoms with Crippen molar-refractivity contribution in [1.29, 1.82) is 0 Å². The first-order valence-electron chi connectivity index (χ1n) is 4.67. The summed E-state index contributed by atoms with van der Waals surface area (Å²) >= 11 is 3.53. The fourth-order valence-electron chi connectivity index (χ4n) is 1.90. The number of hydrogen-bond donors (Lipinski definition) is 0. The van der Waals surface area contributed by atoms with Gasteiger partial charge in [0.2, 0.25) is 0 Å². The number of carbonyl (C=O) groups excluding carboxylic acids is 1. The quantitative estimate of drug-likeness (QED) is 0.699. The Morgan fingerprint density at radius 2 is 2.21 bits per heavy atom. The second-order valence-electron chi connectivity index (χ2n) is 3.55. The van der Waals surface area contributed by atoms with Crippen LogP contribution in [0.4, 0.5) is 0 Å². The molecule has 0 radical (unpaired) electrons. The highest BCUT2D eigenvalue weighted by atomic mass is 79.9. The molecule has 72 valence electrons. The zero-order valence-corrected chi connectivity index (χ0v) is 9.60. The van der Waals surface area contributed by atoms with Crippen LogP contribution in [-0.4, -0.2) is 5.78 Å². The second kappa shape index (κ2) is 3.70. The van der Waals surface area contributed by atoms with E-state index in [9.17, 15) is 4.79 Å². The van der Waals surface area contributed by atoms with Crippen LogP contribution < -0.4 is 0 Å².